The summed E-state index contributed by atoms with van der Waals surface area (Å²) < 4.78 is 11.0. The third kappa shape index (κ3) is 1.54. The molecule has 1 aromatic rings. The van der Waals surface area contributed by atoms with E-state index in [4.69, 9.17) is 9.47 Å². The van der Waals surface area contributed by atoms with Crippen LogP contribution in [-0.2, 0) is 0 Å². The van der Waals surface area contributed by atoms with E-state index in [1.807, 2.05) is 6.92 Å². The molecule has 1 N–H and O–H groups in total. The first kappa shape index (κ1) is 8.23. The zero-order valence-electron chi connectivity index (χ0n) is 7.49. The van der Waals surface area contributed by atoms with Gasteiger partial charge in [-0.05, 0) is 18.6 Å². The van der Waals surface area contributed by atoms with Crippen molar-refractivity contribution in [2.24, 2.45) is 0 Å². The predicted octanol–water partition coefficient (Wildman–Crippen LogP) is 1.94. The first-order valence-electron chi connectivity index (χ1n) is 4.42. The molecule has 1 atom stereocenters. The van der Waals surface area contributed by atoms with E-state index in [2.05, 4.69) is 0 Å². The van der Waals surface area contributed by atoms with Crippen LogP contribution in [0.1, 0.15) is 13.3 Å². The number of hydrogen-bond donors (Lipinski definition) is 1. The van der Waals surface area contributed by atoms with Crippen LogP contribution in [0.5, 0.6) is 17.2 Å². The van der Waals surface area contributed by atoms with Crippen molar-refractivity contribution in [3.05, 3.63) is 18.2 Å². The fourth-order valence-electron chi connectivity index (χ4n) is 1.31. The van der Waals surface area contributed by atoms with Crippen LogP contribution in [0.3, 0.4) is 0 Å². The van der Waals surface area contributed by atoms with Crippen LogP contribution in [0.25, 0.3) is 0 Å². The maximum absolute atomic E-state index is 9.21. The van der Waals surface area contributed by atoms with Gasteiger partial charge in [0.15, 0.2) is 11.5 Å². The van der Waals surface area contributed by atoms with Gasteiger partial charge in [0.1, 0.15) is 18.5 Å². The first-order chi connectivity index (χ1) is 6.29. The lowest BCUT2D eigenvalue weighted by Gasteiger charge is -2.25. The molecule has 0 spiro atoms. The highest BCUT2D eigenvalue weighted by atomic mass is 16.6. The van der Waals surface area contributed by atoms with Gasteiger partial charge in [0, 0.05) is 6.07 Å². The molecule has 1 aliphatic heterocycles. The minimum absolute atomic E-state index is 0.106. The van der Waals surface area contributed by atoms with Gasteiger partial charge in [0.05, 0.1) is 0 Å². The standard InChI is InChI=1S/C10H12O3/c1-2-8-6-12-9-4-3-7(11)5-10(9)13-8/h3-5,8,11H,2,6H2,1H3. The number of phenolic OH excluding ortho intramolecular Hbond substituents is 1. The molecule has 1 heterocycles. The topological polar surface area (TPSA) is 38.7 Å². The molecule has 0 aliphatic carbocycles. The normalized spacial score (nSPS) is 19.9. The van der Waals surface area contributed by atoms with E-state index in [-0.39, 0.29) is 11.9 Å². The summed E-state index contributed by atoms with van der Waals surface area (Å²) in [5, 5.41) is 9.21. The Morgan fingerprint density at radius 1 is 1.46 bits per heavy atom. The molecule has 3 nitrogen and oxygen atoms in total. The van der Waals surface area contributed by atoms with Crippen molar-refractivity contribution in [1.29, 1.82) is 0 Å². The van der Waals surface area contributed by atoms with Gasteiger partial charge in [0.25, 0.3) is 0 Å². The zero-order valence-corrected chi connectivity index (χ0v) is 7.49. The van der Waals surface area contributed by atoms with E-state index in [0.717, 1.165) is 6.42 Å². The molecule has 13 heavy (non-hydrogen) atoms. The van der Waals surface area contributed by atoms with Gasteiger partial charge in [-0.15, -0.1) is 0 Å². The molecule has 1 unspecified atom stereocenters. The maximum atomic E-state index is 9.21. The average Bonchev–Trinajstić information content (AvgIpc) is 2.16. The average molecular weight is 180 g/mol. The van der Waals surface area contributed by atoms with Crippen LogP contribution in [0.2, 0.25) is 0 Å². The van der Waals surface area contributed by atoms with Crippen molar-refractivity contribution in [3.8, 4) is 17.2 Å². The first-order valence-corrected chi connectivity index (χ1v) is 4.42. The van der Waals surface area contributed by atoms with E-state index in [1.54, 1.807) is 18.2 Å². The van der Waals surface area contributed by atoms with Crippen LogP contribution in [0.4, 0.5) is 0 Å². The SMILES string of the molecule is CCC1COc2ccc(O)cc2O1. The zero-order chi connectivity index (χ0) is 9.26. The summed E-state index contributed by atoms with van der Waals surface area (Å²) in [5.74, 6) is 1.56. The monoisotopic (exact) mass is 180 g/mol. The quantitative estimate of drug-likeness (QED) is 0.717. The lowest BCUT2D eigenvalue weighted by molar-refractivity contribution is 0.0880. The second-order valence-electron chi connectivity index (χ2n) is 3.09. The van der Waals surface area contributed by atoms with Gasteiger partial charge in [-0.2, -0.15) is 0 Å². The minimum Gasteiger partial charge on any atom is -0.508 e. The van der Waals surface area contributed by atoms with Crippen molar-refractivity contribution in [2.45, 2.75) is 19.4 Å². The summed E-state index contributed by atoms with van der Waals surface area (Å²) in [7, 11) is 0. The number of hydrogen-bond acceptors (Lipinski definition) is 3. The molecule has 0 saturated heterocycles. The van der Waals surface area contributed by atoms with Gasteiger partial charge >= 0.3 is 0 Å². The highest BCUT2D eigenvalue weighted by Crippen LogP contribution is 2.34. The van der Waals surface area contributed by atoms with Crippen LogP contribution < -0.4 is 9.47 Å². The molecule has 0 amide bonds. The Morgan fingerprint density at radius 3 is 3.08 bits per heavy atom. The summed E-state index contributed by atoms with van der Waals surface area (Å²) in [4.78, 5) is 0. The minimum atomic E-state index is 0.106. The Morgan fingerprint density at radius 2 is 2.31 bits per heavy atom. The summed E-state index contributed by atoms with van der Waals surface area (Å²) in [5.41, 5.74) is 0. The van der Waals surface area contributed by atoms with Crippen LogP contribution in [-0.4, -0.2) is 17.8 Å². The van der Waals surface area contributed by atoms with Crippen molar-refractivity contribution >= 4 is 0 Å². The molecular formula is C10H12O3. The third-order valence-electron chi connectivity index (χ3n) is 2.10. The molecular weight excluding hydrogens is 168 g/mol. The smallest absolute Gasteiger partial charge is 0.165 e. The number of benzene rings is 1. The van der Waals surface area contributed by atoms with Crippen molar-refractivity contribution in [2.75, 3.05) is 6.61 Å². The molecule has 3 heteroatoms. The number of phenols is 1. The van der Waals surface area contributed by atoms with E-state index in [9.17, 15) is 5.11 Å². The Balaban J connectivity index is 2.27. The molecule has 0 saturated carbocycles. The van der Waals surface area contributed by atoms with Gasteiger partial charge in [-0.3, -0.25) is 0 Å². The van der Waals surface area contributed by atoms with Gasteiger partial charge in [-0.1, -0.05) is 6.92 Å². The van der Waals surface area contributed by atoms with Crippen LogP contribution in [0, 0.1) is 0 Å². The predicted molar refractivity (Wildman–Crippen MR) is 48.3 cm³/mol. The fraction of sp³-hybridized carbons (Fsp3) is 0.400. The molecule has 0 aromatic heterocycles. The summed E-state index contributed by atoms with van der Waals surface area (Å²) in [6, 6.07) is 4.89. The summed E-state index contributed by atoms with van der Waals surface area (Å²) in [6.45, 7) is 2.64. The second-order valence-corrected chi connectivity index (χ2v) is 3.09. The number of aromatic hydroxyl groups is 1. The van der Waals surface area contributed by atoms with Crippen molar-refractivity contribution in [1.82, 2.24) is 0 Å². The molecule has 0 bridgehead atoms. The molecule has 0 fully saturated rings. The summed E-state index contributed by atoms with van der Waals surface area (Å²) in [6.07, 6.45) is 1.02. The largest absolute Gasteiger partial charge is 0.508 e. The molecule has 2 rings (SSSR count). The van der Waals surface area contributed by atoms with E-state index in [1.165, 1.54) is 0 Å². The van der Waals surface area contributed by atoms with Crippen LogP contribution >= 0.6 is 0 Å². The second kappa shape index (κ2) is 3.17. The van der Waals surface area contributed by atoms with E-state index in [0.29, 0.717) is 18.1 Å². The molecule has 70 valence electrons. The molecule has 1 aromatic carbocycles. The van der Waals surface area contributed by atoms with E-state index < -0.39 is 0 Å². The Hall–Kier alpha value is -1.38. The lowest BCUT2D eigenvalue weighted by atomic mass is 10.2. The lowest BCUT2D eigenvalue weighted by Crippen LogP contribution is -2.28. The Labute approximate surface area is 76.9 Å². The van der Waals surface area contributed by atoms with Crippen molar-refractivity contribution < 1.29 is 14.6 Å². The third-order valence-corrected chi connectivity index (χ3v) is 2.10. The Bertz CT molecular complexity index is 309. The number of rotatable bonds is 1. The highest BCUT2D eigenvalue weighted by Gasteiger charge is 2.19. The fourth-order valence-corrected chi connectivity index (χ4v) is 1.31. The van der Waals surface area contributed by atoms with E-state index >= 15 is 0 Å². The maximum Gasteiger partial charge on any atom is 0.165 e. The van der Waals surface area contributed by atoms with Crippen molar-refractivity contribution in [3.63, 3.8) is 0 Å². The molecule has 1 aliphatic rings. The van der Waals surface area contributed by atoms with Gasteiger partial charge in [-0.25, -0.2) is 0 Å². The number of fused-ring (bicyclic) bond motifs is 1. The highest BCUT2D eigenvalue weighted by molar-refractivity contribution is 5.45. The van der Waals surface area contributed by atoms with Gasteiger partial charge in [0.2, 0.25) is 0 Å². The number of ether oxygens (including phenoxy) is 2. The summed E-state index contributed by atoms with van der Waals surface area (Å²) >= 11 is 0. The Kier molecular flexibility index (Phi) is 2.00. The molecule has 0 radical (unpaired) electrons. The van der Waals surface area contributed by atoms with Crippen LogP contribution in [0.15, 0.2) is 18.2 Å². The van der Waals surface area contributed by atoms with Gasteiger partial charge < -0.3 is 14.6 Å².